The maximum atomic E-state index is 12.8. The van der Waals surface area contributed by atoms with E-state index < -0.39 is 0 Å². The molecule has 0 saturated heterocycles. The van der Waals surface area contributed by atoms with Crippen molar-refractivity contribution in [3.63, 3.8) is 0 Å². The molecule has 1 aromatic heterocycles. The summed E-state index contributed by atoms with van der Waals surface area (Å²) in [5.74, 6) is 0.0365. The van der Waals surface area contributed by atoms with E-state index in [2.05, 4.69) is 5.10 Å². The smallest absolute Gasteiger partial charge is 0.146 e. The third-order valence-corrected chi connectivity index (χ3v) is 2.35. The molecule has 15 heavy (non-hydrogen) atoms. The summed E-state index contributed by atoms with van der Waals surface area (Å²) in [6, 6.07) is 5.86. The topological polar surface area (TPSA) is 43.8 Å². The molecule has 0 fully saturated rings. The zero-order valence-corrected chi connectivity index (χ0v) is 8.79. The molecule has 3 nitrogen and oxygen atoms in total. The lowest BCUT2D eigenvalue weighted by Gasteiger charge is -2.06. The largest absolute Gasteiger partial charge is 0.382 e. The van der Waals surface area contributed by atoms with Crippen LogP contribution in [0.15, 0.2) is 24.3 Å². The monoisotopic (exact) mass is 225 g/mol. The second-order valence-electron chi connectivity index (χ2n) is 3.22. The summed E-state index contributed by atoms with van der Waals surface area (Å²) >= 11 is 5.90. The molecule has 78 valence electrons. The lowest BCUT2D eigenvalue weighted by atomic mass is 10.3. The Labute approximate surface area is 91.3 Å². The van der Waals surface area contributed by atoms with Gasteiger partial charge in [-0.15, -0.1) is 0 Å². The molecule has 0 saturated carbocycles. The maximum absolute atomic E-state index is 12.8. The standard InChI is InChI=1S/C10H9ClFN3/c1-6-4-10(13)14-15(6)9-3-2-7(12)5-8(9)11/h2-5H,1H3,(H2,13,14). The SMILES string of the molecule is Cc1cc(N)nn1-c1ccc(F)cc1Cl. The van der Waals surface area contributed by atoms with E-state index in [1.807, 2.05) is 6.92 Å². The summed E-state index contributed by atoms with van der Waals surface area (Å²) in [4.78, 5) is 0. The van der Waals surface area contributed by atoms with Gasteiger partial charge in [0.15, 0.2) is 0 Å². The Morgan fingerprint density at radius 2 is 2.13 bits per heavy atom. The second kappa shape index (κ2) is 3.55. The van der Waals surface area contributed by atoms with Crippen molar-refractivity contribution in [3.8, 4) is 5.69 Å². The molecule has 0 aliphatic heterocycles. The first kappa shape index (κ1) is 9.98. The number of aryl methyl sites for hydroxylation is 1. The molecule has 1 heterocycles. The molecular formula is C10H9ClFN3. The Kier molecular flexibility index (Phi) is 2.36. The van der Waals surface area contributed by atoms with E-state index in [-0.39, 0.29) is 5.82 Å². The van der Waals surface area contributed by atoms with Gasteiger partial charge in [-0.25, -0.2) is 9.07 Å². The van der Waals surface area contributed by atoms with Gasteiger partial charge in [-0.1, -0.05) is 11.6 Å². The van der Waals surface area contributed by atoms with Crippen LogP contribution in [-0.4, -0.2) is 9.78 Å². The Morgan fingerprint density at radius 3 is 2.67 bits per heavy atom. The van der Waals surface area contributed by atoms with Crippen molar-refractivity contribution in [2.45, 2.75) is 6.92 Å². The third-order valence-electron chi connectivity index (χ3n) is 2.04. The van der Waals surface area contributed by atoms with Gasteiger partial charge < -0.3 is 5.73 Å². The van der Waals surface area contributed by atoms with Crippen molar-refractivity contribution in [2.75, 3.05) is 5.73 Å². The van der Waals surface area contributed by atoms with E-state index in [9.17, 15) is 4.39 Å². The number of benzene rings is 1. The molecule has 5 heteroatoms. The first-order chi connectivity index (χ1) is 7.08. The van der Waals surface area contributed by atoms with Crippen LogP contribution in [0.4, 0.5) is 10.2 Å². The van der Waals surface area contributed by atoms with E-state index in [0.717, 1.165) is 5.69 Å². The van der Waals surface area contributed by atoms with Crippen LogP contribution in [0, 0.1) is 12.7 Å². The molecule has 0 atom stereocenters. The third kappa shape index (κ3) is 1.80. The fourth-order valence-corrected chi connectivity index (χ4v) is 1.64. The van der Waals surface area contributed by atoms with Gasteiger partial charge in [0.25, 0.3) is 0 Å². The molecule has 0 amide bonds. The van der Waals surface area contributed by atoms with Crippen molar-refractivity contribution in [1.29, 1.82) is 0 Å². The van der Waals surface area contributed by atoms with Crippen LogP contribution in [0.1, 0.15) is 5.69 Å². The van der Waals surface area contributed by atoms with Crippen molar-refractivity contribution in [3.05, 3.63) is 40.8 Å². The minimum absolute atomic E-state index is 0.307. The summed E-state index contributed by atoms with van der Waals surface area (Å²) < 4.78 is 14.4. The number of anilines is 1. The van der Waals surface area contributed by atoms with Crippen LogP contribution in [0.3, 0.4) is 0 Å². The lowest BCUT2D eigenvalue weighted by molar-refractivity contribution is 0.627. The van der Waals surface area contributed by atoms with E-state index >= 15 is 0 Å². The molecule has 0 radical (unpaired) electrons. The zero-order chi connectivity index (χ0) is 11.0. The molecule has 0 bridgehead atoms. The van der Waals surface area contributed by atoms with Crippen LogP contribution in [0.5, 0.6) is 0 Å². The summed E-state index contributed by atoms with van der Waals surface area (Å²) in [7, 11) is 0. The lowest BCUT2D eigenvalue weighted by Crippen LogP contribution is -2.00. The van der Waals surface area contributed by atoms with Gasteiger partial charge in [0.1, 0.15) is 11.6 Å². The molecule has 1 aromatic carbocycles. The predicted octanol–water partition coefficient (Wildman–Crippen LogP) is 2.56. The predicted molar refractivity (Wildman–Crippen MR) is 57.7 cm³/mol. The summed E-state index contributed by atoms with van der Waals surface area (Å²) in [6.07, 6.45) is 0. The number of aromatic nitrogens is 2. The molecule has 0 aliphatic carbocycles. The number of halogens is 2. The molecule has 2 N–H and O–H groups in total. The fourth-order valence-electron chi connectivity index (χ4n) is 1.40. The van der Waals surface area contributed by atoms with Gasteiger partial charge in [-0.05, 0) is 25.1 Å². The average molecular weight is 226 g/mol. The first-order valence-electron chi connectivity index (χ1n) is 4.35. The molecule has 2 aromatic rings. The highest BCUT2D eigenvalue weighted by molar-refractivity contribution is 6.32. The van der Waals surface area contributed by atoms with Gasteiger partial charge in [-0.2, -0.15) is 5.10 Å². The number of hydrogen-bond acceptors (Lipinski definition) is 2. The molecule has 2 rings (SSSR count). The van der Waals surface area contributed by atoms with Crippen molar-refractivity contribution in [1.82, 2.24) is 9.78 Å². The first-order valence-corrected chi connectivity index (χ1v) is 4.73. The number of hydrogen-bond donors (Lipinski definition) is 1. The van der Waals surface area contributed by atoms with Crippen LogP contribution < -0.4 is 5.73 Å². The molecule has 0 spiro atoms. The quantitative estimate of drug-likeness (QED) is 0.811. The van der Waals surface area contributed by atoms with Gasteiger partial charge >= 0.3 is 0 Å². The zero-order valence-electron chi connectivity index (χ0n) is 8.04. The number of nitrogens with zero attached hydrogens (tertiary/aromatic N) is 2. The second-order valence-corrected chi connectivity index (χ2v) is 3.63. The molecule has 0 aliphatic rings. The highest BCUT2D eigenvalue weighted by atomic mass is 35.5. The number of nitrogen functional groups attached to an aromatic ring is 1. The van der Waals surface area contributed by atoms with E-state index in [4.69, 9.17) is 17.3 Å². The van der Waals surface area contributed by atoms with Crippen LogP contribution in [-0.2, 0) is 0 Å². The normalized spacial score (nSPS) is 10.6. The average Bonchev–Trinajstić information content (AvgIpc) is 2.45. The minimum Gasteiger partial charge on any atom is -0.382 e. The Bertz CT molecular complexity index is 507. The van der Waals surface area contributed by atoms with Gasteiger partial charge in [0, 0.05) is 11.8 Å². The summed E-state index contributed by atoms with van der Waals surface area (Å²) in [5, 5.41) is 4.37. The Hall–Kier alpha value is -1.55. The van der Waals surface area contributed by atoms with Crippen molar-refractivity contribution < 1.29 is 4.39 Å². The Balaban J connectivity index is 2.59. The highest BCUT2D eigenvalue weighted by Crippen LogP contribution is 2.22. The number of rotatable bonds is 1. The summed E-state index contributed by atoms with van der Waals surface area (Å²) in [6.45, 7) is 1.85. The molecular weight excluding hydrogens is 217 g/mol. The highest BCUT2D eigenvalue weighted by Gasteiger charge is 2.08. The van der Waals surface area contributed by atoms with Crippen molar-refractivity contribution >= 4 is 17.4 Å². The van der Waals surface area contributed by atoms with E-state index in [1.54, 1.807) is 16.8 Å². The van der Waals surface area contributed by atoms with Crippen LogP contribution in [0.25, 0.3) is 5.69 Å². The minimum atomic E-state index is -0.374. The van der Waals surface area contributed by atoms with Crippen molar-refractivity contribution in [2.24, 2.45) is 0 Å². The van der Waals surface area contributed by atoms with Gasteiger partial charge in [0.05, 0.1) is 10.7 Å². The molecule has 0 unspecified atom stereocenters. The van der Waals surface area contributed by atoms with E-state index in [0.29, 0.717) is 16.5 Å². The number of nitrogens with two attached hydrogens (primary N) is 1. The van der Waals surface area contributed by atoms with Crippen LogP contribution in [0.2, 0.25) is 5.02 Å². The Morgan fingerprint density at radius 1 is 1.40 bits per heavy atom. The summed E-state index contributed by atoms with van der Waals surface area (Å²) in [5.41, 5.74) is 7.01. The van der Waals surface area contributed by atoms with Gasteiger partial charge in [-0.3, -0.25) is 0 Å². The van der Waals surface area contributed by atoms with E-state index in [1.165, 1.54) is 12.1 Å². The van der Waals surface area contributed by atoms with Gasteiger partial charge in [0.2, 0.25) is 0 Å². The van der Waals surface area contributed by atoms with Crippen LogP contribution >= 0.6 is 11.6 Å². The fraction of sp³-hybridized carbons (Fsp3) is 0.100. The maximum Gasteiger partial charge on any atom is 0.146 e.